The molecule has 1 aliphatic heterocycles. The molecule has 2 rings (SSSR count). The molecule has 0 bridgehead atoms. The fraction of sp³-hybridized carbons (Fsp3) is 0.667. The minimum atomic E-state index is -0.959. The highest BCUT2D eigenvalue weighted by atomic mass is 16.6. The summed E-state index contributed by atoms with van der Waals surface area (Å²) in [6.07, 6.45) is -1.11. The molecule has 6 nitrogen and oxygen atoms in total. The van der Waals surface area contributed by atoms with E-state index in [0.717, 1.165) is 0 Å². The lowest BCUT2D eigenvalue weighted by atomic mass is 10.1. The molecule has 2 N–H and O–H groups in total. The SMILES string of the molecule is OC1COC(c2cnno2)C1O. The molecule has 0 radical (unpaired) electrons. The third-order valence-corrected chi connectivity index (χ3v) is 1.81. The van der Waals surface area contributed by atoms with Gasteiger partial charge in [-0.1, -0.05) is 0 Å². The van der Waals surface area contributed by atoms with Crippen molar-refractivity contribution in [1.29, 1.82) is 0 Å². The molecule has 12 heavy (non-hydrogen) atoms. The standard InChI is InChI=1S/C6H8N2O4/c9-3-2-11-6(5(3)10)4-1-7-8-12-4/h1,3,5-6,9-10H,2H2. The lowest BCUT2D eigenvalue weighted by Crippen LogP contribution is -2.24. The van der Waals surface area contributed by atoms with E-state index in [4.69, 9.17) is 9.84 Å². The highest BCUT2D eigenvalue weighted by Crippen LogP contribution is 2.28. The Morgan fingerprint density at radius 3 is 2.83 bits per heavy atom. The van der Waals surface area contributed by atoms with Gasteiger partial charge in [0, 0.05) is 5.27 Å². The van der Waals surface area contributed by atoms with Gasteiger partial charge in [-0.3, -0.25) is 0 Å². The first-order valence-corrected chi connectivity index (χ1v) is 3.54. The summed E-state index contributed by atoms with van der Waals surface area (Å²) < 4.78 is 9.73. The first kappa shape index (κ1) is 7.66. The fourth-order valence-electron chi connectivity index (χ4n) is 1.15. The molecule has 1 saturated heterocycles. The first-order valence-electron chi connectivity index (χ1n) is 3.54. The third kappa shape index (κ3) is 1.09. The van der Waals surface area contributed by atoms with Gasteiger partial charge in [-0.2, -0.15) is 0 Å². The highest BCUT2D eigenvalue weighted by molar-refractivity contribution is 5.00. The van der Waals surface area contributed by atoms with Crippen LogP contribution >= 0.6 is 0 Å². The molecule has 3 atom stereocenters. The number of aromatic nitrogens is 2. The van der Waals surface area contributed by atoms with Gasteiger partial charge in [-0.05, 0) is 0 Å². The van der Waals surface area contributed by atoms with Crippen LogP contribution in [0.15, 0.2) is 10.7 Å². The Kier molecular flexibility index (Phi) is 1.80. The zero-order valence-electron chi connectivity index (χ0n) is 6.12. The topological polar surface area (TPSA) is 88.6 Å². The zero-order valence-corrected chi connectivity index (χ0v) is 6.12. The maximum absolute atomic E-state index is 9.34. The molecule has 3 unspecified atom stereocenters. The second kappa shape index (κ2) is 2.81. The molecule has 66 valence electrons. The summed E-state index contributed by atoms with van der Waals surface area (Å²) in [4.78, 5) is 0. The molecule has 0 aliphatic carbocycles. The Balaban J connectivity index is 2.16. The summed E-state index contributed by atoms with van der Waals surface area (Å²) in [5.74, 6) is 0.332. The number of hydrogen-bond donors (Lipinski definition) is 2. The lowest BCUT2D eigenvalue weighted by molar-refractivity contribution is 0.00908. The van der Waals surface area contributed by atoms with Crippen molar-refractivity contribution in [3.05, 3.63) is 12.0 Å². The number of aliphatic hydroxyl groups is 2. The molecule has 0 saturated carbocycles. The number of aliphatic hydroxyl groups excluding tert-OH is 2. The maximum Gasteiger partial charge on any atom is 0.188 e. The molecule has 1 aliphatic rings. The van der Waals surface area contributed by atoms with Crippen LogP contribution in [0.25, 0.3) is 0 Å². The number of rotatable bonds is 1. The number of ether oxygens (including phenoxy) is 1. The van der Waals surface area contributed by atoms with Gasteiger partial charge < -0.3 is 19.5 Å². The summed E-state index contributed by atoms with van der Waals surface area (Å²) >= 11 is 0. The van der Waals surface area contributed by atoms with Crippen molar-refractivity contribution in [3.63, 3.8) is 0 Å². The normalized spacial score (nSPS) is 35.7. The summed E-state index contributed by atoms with van der Waals surface area (Å²) in [5, 5.41) is 25.1. The summed E-state index contributed by atoms with van der Waals surface area (Å²) in [7, 11) is 0. The smallest absolute Gasteiger partial charge is 0.188 e. The minimum Gasteiger partial charge on any atom is -0.388 e. The Morgan fingerprint density at radius 2 is 2.33 bits per heavy atom. The van der Waals surface area contributed by atoms with Crippen molar-refractivity contribution in [2.24, 2.45) is 0 Å². The van der Waals surface area contributed by atoms with Crippen molar-refractivity contribution in [3.8, 4) is 0 Å². The van der Waals surface area contributed by atoms with E-state index in [2.05, 4.69) is 14.9 Å². The van der Waals surface area contributed by atoms with Gasteiger partial charge >= 0.3 is 0 Å². The van der Waals surface area contributed by atoms with Gasteiger partial charge in [0.1, 0.15) is 18.3 Å². The van der Waals surface area contributed by atoms with Gasteiger partial charge in [0.05, 0.1) is 12.8 Å². The van der Waals surface area contributed by atoms with Gasteiger partial charge in [0.15, 0.2) is 5.76 Å². The summed E-state index contributed by atoms with van der Waals surface area (Å²) in [5.41, 5.74) is 0. The number of nitrogens with zero attached hydrogens (tertiary/aromatic N) is 2. The van der Waals surface area contributed by atoms with Crippen LogP contribution < -0.4 is 0 Å². The van der Waals surface area contributed by atoms with E-state index in [0.29, 0.717) is 5.76 Å². The van der Waals surface area contributed by atoms with Crippen LogP contribution in [0, 0.1) is 0 Å². The van der Waals surface area contributed by atoms with Crippen molar-refractivity contribution in [2.45, 2.75) is 18.3 Å². The average molecular weight is 172 g/mol. The maximum atomic E-state index is 9.34. The van der Waals surface area contributed by atoms with E-state index in [9.17, 15) is 5.11 Å². The van der Waals surface area contributed by atoms with Gasteiger partial charge in [0.25, 0.3) is 0 Å². The van der Waals surface area contributed by atoms with E-state index in [1.54, 1.807) is 0 Å². The monoisotopic (exact) mass is 172 g/mol. The third-order valence-electron chi connectivity index (χ3n) is 1.81. The fourth-order valence-corrected chi connectivity index (χ4v) is 1.15. The van der Waals surface area contributed by atoms with Crippen LogP contribution in [0.4, 0.5) is 0 Å². The van der Waals surface area contributed by atoms with Crippen LogP contribution in [0.1, 0.15) is 11.9 Å². The molecular formula is C6H8N2O4. The predicted octanol–water partition coefficient (Wildman–Crippen LogP) is -1.14. The largest absolute Gasteiger partial charge is 0.388 e. The van der Waals surface area contributed by atoms with E-state index in [-0.39, 0.29) is 6.61 Å². The number of hydrogen-bond acceptors (Lipinski definition) is 6. The predicted molar refractivity (Wildman–Crippen MR) is 35.0 cm³/mol. The highest BCUT2D eigenvalue weighted by Gasteiger charge is 2.38. The second-order valence-electron chi connectivity index (χ2n) is 2.63. The Labute approximate surface area is 67.7 Å². The summed E-state index contributed by atoms with van der Waals surface area (Å²) in [6.45, 7) is 0.104. The Hall–Kier alpha value is -0.980. The van der Waals surface area contributed by atoms with Crippen molar-refractivity contribution in [2.75, 3.05) is 6.61 Å². The Bertz CT molecular complexity index is 250. The molecule has 2 heterocycles. The van der Waals surface area contributed by atoms with Crippen molar-refractivity contribution in [1.82, 2.24) is 10.4 Å². The van der Waals surface area contributed by atoms with Gasteiger partial charge in [0.2, 0.25) is 0 Å². The van der Waals surface area contributed by atoms with Gasteiger partial charge in [-0.15, -0.1) is 5.10 Å². The molecule has 1 fully saturated rings. The zero-order chi connectivity index (χ0) is 8.55. The van der Waals surface area contributed by atoms with Crippen LogP contribution in [-0.2, 0) is 4.74 Å². The molecule has 1 aromatic heterocycles. The summed E-state index contributed by atoms with van der Waals surface area (Å²) in [6, 6.07) is 0. The molecular weight excluding hydrogens is 164 g/mol. The quantitative estimate of drug-likeness (QED) is 0.556. The van der Waals surface area contributed by atoms with Crippen LogP contribution in [0.3, 0.4) is 0 Å². The molecule has 0 spiro atoms. The van der Waals surface area contributed by atoms with E-state index >= 15 is 0 Å². The van der Waals surface area contributed by atoms with E-state index in [1.807, 2.05) is 0 Å². The minimum absolute atomic E-state index is 0.104. The van der Waals surface area contributed by atoms with E-state index < -0.39 is 18.3 Å². The van der Waals surface area contributed by atoms with Crippen LogP contribution in [-0.4, -0.2) is 39.4 Å². The van der Waals surface area contributed by atoms with E-state index in [1.165, 1.54) is 6.20 Å². The van der Waals surface area contributed by atoms with Crippen LogP contribution in [0.5, 0.6) is 0 Å². The second-order valence-corrected chi connectivity index (χ2v) is 2.63. The first-order chi connectivity index (χ1) is 5.79. The van der Waals surface area contributed by atoms with Crippen molar-refractivity contribution < 1.29 is 19.5 Å². The molecule has 1 aromatic rings. The Morgan fingerprint density at radius 1 is 1.50 bits per heavy atom. The molecule has 0 aromatic carbocycles. The van der Waals surface area contributed by atoms with Gasteiger partial charge in [-0.25, -0.2) is 0 Å². The van der Waals surface area contributed by atoms with Crippen LogP contribution in [0.2, 0.25) is 0 Å². The average Bonchev–Trinajstić information content (AvgIpc) is 2.64. The lowest BCUT2D eigenvalue weighted by Gasteiger charge is -2.09. The van der Waals surface area contributed by atoms with Crippen molar-refractivity contribution >= 4 is 0 Å². The molecule has 0 amide bonds. The molecule has 6 heteroatoms.